The first-order valence-corrected chi connectivity index (χ1v) is 8.80. The molecule has 1 N–H and O–H groups in total. The molecule has 0 saturated carbocycles. The van der Waals surface area contributed by atoms with Crippen LogP contribution in [0.1, 0.15) is 81.1 Å². The van der Waals surface area contributed by atoms with Gasteiger partial charge in [0.15, 0.2) is 0 Å². The average molecular weight is 327 g/mol. The van der Waals surface area contributed by atoms with E-state index in [4.69, 9.17) is 4.84 Å². The molecule has 2 heterocycles. The Hall–Kier alpha value is -0.200. The van der Waals surface area contributed by atoms with Gasteiger partial charge in [-0.25, -0.2) is 0 Å². The monoisotopic (exact) mass is 327 g/mol. The van der Waals surface area contributed by atoms with E-state index in [1.54, 1.807) is 0 Å². The number of hydrogen-bond donors (Lipinski definition) is 1. The number of piperidine rings is 2. The minimum atomic E-state index is -0.435. The summed E-state index contributed by atoms with van der Waals surface area (Å²) in [5.74, 6) is 0. The van der Waals surface area contributed by atoms with Crippen molar-refractivity contribution in [2.24, 2.45) is 0 Å². The Kier molecular flexibility index (Phi) is 4.71. The third-order valence-electron chi connectivity index (χ3n) is 5.38. The molecule has 2 aliphatic rings. The number of rotatable bonds is 2. The average Bonchev–Trinajstić information content (AvgIpc) is 2.28. The van der Waals surface area contributed by atoms with Crippen molar-refractivity contribution in [3.63, 3.8) is 0 Å². The molecule has 1 radical (unpaired) electrons. The summed E-state index contributed by atoms with van der Waals surface area (Å²) in [5.41, 5.74) is -1.33. The maximum Gasteiger partial charge on any atom is 0.0830 e. The van der Waals surface area contributed by atoms with Crippen molar-refractivity contribution in [1.82, 2.24) is 10.1 Å². The zero-order valence-corrected chi connectivity index (χ0v) is 16.1. The number of nitrogens with zero attached hydrogens (tertiary/aromatic N) is 2. The normalized spacial score (nSPS) is 32.1. The van der Waals surface area contributed by atoms with Crippen molar-refractivity contribution in [3.05, 3.63) is 0 Å². The van der Waals surface area contributed by atoms with Crippen LogP contribution in [0.25, 0.3) is 0 Å². The first-order valence-electron chi connectivity index (χ1n) is 8.80. The van der Waals surface area contributed by atoms with Crippen molar-refractivity contribution >= 4 is 0 Å². The smallest absolute Gasteiger partial charge is 0.0830 e. The third kappa shape index (κ3) is 3.74. The number of aliphatic hydroxyl groups is 1. The third-order valence-corrected chi connectivity index (χ3v) is 5.38. The molecule has 23 heavy (non-hydrogen) atoms. The Morgan fingerprint density at radius 1 is 0.783 bits per heavy atom. The lowest BCUT2D eigenvalue weighted by Crippen LogP contribution is -2.65. The van der Waals surface area contributed by atoms with Gasteiger partial charge in [-0.3, -0.25) is 4.84 Å². The van der Waals surface area contributed by atoms with Gasteiger partial charge in [0.2, 0.25) is 0 Å². The van der Waals surface area contributed by atoms with E-state index in [0.717, 1.165) is 0 Å². The Labute approximate surface area is 141 Å². The van der Waals surface area contributed by atoms with Crippen molar-refractivity contribution < 1.29 is 15.2 Å². The van der Waals surface area contributed by atoms with Gasteiger partial charge in [0.25, 0.3) is 0 Å². The first-order chi connectivity index (χ1) is 10.2. The molecule has 0 amide bonds. The second kappa shape index (κ2) is 5.67. The molecule has 5 heteroatoms. The lowest BCUT2D eigenvalue weighted by atomic mass is 9.79. The van der Waals surface area contributed by atoms with E-state index in [-0.39, 0.29) is 23.3 Å². The quantitative estimate of drug-likeness (QED) is 0.845. The summed E-state index contributed by atoms with van der Waals surface area (Å²) in [6.07, 6.45) is 2.54. The Bertz CT molecular complexity index is 410. The molecule has 0 spiro atoms. The standard InChI is InChI=1S/C18H35N2O3/c1-15(2)11-14(12-16(3,4)19(15)22)23-20-17(5,6)9-13(21)10-18(20,7)8/h13-14,21H,9-12H2,1-8H3. The van der Waals surface area contributed by atoms with E-state index in [9.17, 15) is 10.3 Å². The summed E-state index contributed by atoms with van der Waals surface area (Å²) < 4.78 is 0. The van der Waals surface area contributed by atoms with Gasteiger partial charge in [-0.05, 0) is 81.1 Å². The summed E-state index contributed by atoms with van der Waals surface area (Å²) in [5, 5.41) is 26.0. The van der Waals surface area contributed by atoms with Crippen LogP contribution in [0.2, 0.25) is 0 Å². The zero-order chi connectivity index (χ0) is 17.8. The van der Waals surface area contributed by atoms with Crippen molar-refractivity contribution in [2.75, 3.05) is 0 Å². The highest BCUT2D eigenvalue weighted by atomic mass is 16.7. The van der Waals surface area contributed by atoms with Crippen LogP contribution in [0, 0.1) is 0 Å². The van der Waals surface area contributed by atoms with E-state index in [2.05, 4.69) is 32.8 Å². The summed E-state index contributed by atoms with van der Waals surface area (Å²) in [6.45, 7) is 16.5. The van der Waals surface area contributed by atoms with Gasteiger partial charge in [-0.2, -0.15) is 5.06 Å². The van der Waals surface area contributed by atoms with E-state index >= 15 is 0 Å². The summed E-state index contributed by atoms with van der Waals surface area (Å²) in [6, 6.07) is 0. The predicted molar refractivity (Wildman–Crippen MR) is 90.0 cm³/mol. The van der Waals surface area contributed by atoms with Crippen LogP contribution in [0.4, 0.5) is 0 Å². The molecule has 0 bridgehead atoms. The van der Waals surface area contributed by atoms with E-state index in [0.29, 0.717) is 25.7 Å². The lowest BCUT2D eigenvalue weighted by molar-refractivity contribution is -0.354. The molecular weight excluding hydrogens is 292 g/mol. The molecule has 2 fully saturated rings. The SMILES string of the molecule is CC1(C)CC(ON2C(C)(C)CC(O)CC2(C)C)CC(C)(C)N1[O]. The molecule has 0 aromatic carbocycles. The second-order valence-electron chi connectivity index (χ2n) is 10.0. The van der Waals surface area contributed by atoms with Crippen LogP contribution in [-0.4, -0.2) is 49.6 Å². The molecule has 5 nitrogen and oxygen atoms in total. The molecule has 0 atom stereocenters. The highest BCUT2D eigenvalue weighted by molar-refractivity contribution is 4.99. The fourth-order valence-corrected chi connectivity index (χ4v) is 4.89. The zero-order valence-electron chi connectivity index (χ0n) is 16.1. The van der Waals surface area contributed by atoms with Crippen LogP contribution >= 0.6 is 0 Å². The second-order valence-corrected chi connectivity index (χ2v) is 10.0. The molecule has 0 aromatic heterocycles. The maximum atomic E-state index is 12.5. The van der Waals surface area contributed by atoms with Crippen molar-refractivity contribution in [2.45, 2.75) is 115 Å². The lowest BCUT2D eigenvalue weighted by Gasteiger charge is -2.56. The maximum absolute atomic E-state index is 12.5. The van der Waals surface area contributed by atoms with Crippen LogP contribution in [-0.2, 0) is 10.0 Å². The van der Waals surface area contributed by atoms with Gasteiger partial charge in [0.1, 0.15) is 0 Å². The molecule has 2 saturated heterocycles. The molecular formula is C18H35N2O3. The highest BCUT2D eigenvalue weighted by Gasteiger charge is 2.51. The fourth-order valence-electron chi connectivity index (χ4n) is 4.89. The van der Waals surface area contributed by atoms with E-state index < -0.39 is 11.1 Å². The van der Waals surface area contributed by atoms with Crippen molar-refractivity contribution in [1.29, 1.82) is 0 Å². The minimum absolute atomic E-state index is 0.0130. The highest BCUT2D eigenvalue weighted by Crippen LogP contribution is 2.43. The number of hydroxylamine groups is 4. The Balaban J connectivity index is 2.20. The number of hydrogen-bond acceptors (Lipinski definition) is 4. The van der Waals surface area contributed by atoms with Crippen LogP contribution in [0.5, 0.6) is 0 Å². The van der Waals surface area contributed by atoms with Gasteiger partial charge < -0.3 is 5.11 Å². The molecule has 0 aliphatic carbocycles. The topological polar surface area (TPSA) is 55.8 Å². The van der Waals surface area contributed by atoms with Crippen LogP contribution < -0.4 is 0 Å². The van der Waals surface area contributed by atoms with Gasteiger partial charge >= 0.3 is 0 Å². The van der Waals surface area contributed by atoms with Gasteiger partial charge in [-0.15, -0.1) is 10.3 Å². The molecule has 0 unspecified atom stereocenters. The van der Waals surface area contributed by atoms with E-state index in [1.807, 2.05) is 27.7 Å². The van der Waals surface area contributed by atoms with Gasteiger partial charge in [0, 0.05) is 22.2 Å². The number of aliphatic hydroxyl groups excluding tert-OH is 1. The van der Waals surface area contributed by atoms with Crippen LogP contribution in [0.3, 0.4) is 0 Å². The molecule has 0 aromatic rings. The summed E-state index contributed by atoms with van der Waals surface area (Å²) >= 11 is 0. The van der Waals surface area contributed by atoms with Crippen LogP contribution in [0.15, 0.2) is 0 Å². The van der Waals surface area contributed by atoms with Gasteiger partial charge in [0.05, 0.1) is 12.2 Å². The molecule has 2 rings (SSSR count). The minimum Gasteiger partial charge on any atom is -0.393 e. The molecule has 135 valence electrons. The van der Waals surface area contributed by atoms with Crippen molar-refractivity contribution in [3.8, 4) is 0 Å². The van der Waals surface area contributed by atoms with E-state index in [1.165, 1.54) is 5.06 Å². The summed E-state index contributed by atoms with van der Waals surface area (Å²) in [4.78, 5) is 6.49. The summed E-state index contributed by atoms with van der Waals surface area (Å²) in [7, 11) is 0. The largest absolute Gasteiger partial charge is 0.393 e. The Morgan fingerprint density at radius 2 is 1.17 bits per heavy atom. The predicted octanol–water partition coefficient (Wildman–Crippen LogP) is 3.30. The molecule has 2 aliphatic heterocycles. The van der Waals surface area contributed by atoms with Gasteiger partial charge in [-0.1, -0.05) is 0 Å². The first kappa shape index (κ1) is 19.1. The fraction of sp³-hybridized carbons (Fsp3) is 1.00. The Morgan fingerprint density at radius 3 is 1.57 bits per heavy atom.